The fourth-order valence-electron chi connectivity index (χ4n) is 9.17. The summed E-state index contributed by atoms with van der Waals surface area (Å²) in [5.41, 5.74) is 13.8. The molecule has 3 heterocycles. The molecule has 6 heteroatoms. The summed E-state index contributed by atoms with van der Waals surface area (Å²) in [6.45, 7) is 7.22. The molecule has 0 fully saturated rings. The Morgan fingerprint density at radius 2 is 1.14 bits per heavy atom. The summed E-state index contributed by atoms with van der Waals surface area (Å²) >= 11 is 0. The number of para-hydroxylation sites is 4. The molecule has 0 amide bonds. The van der Waals surface area contributed by atoms with E-state index >= 15 is 0 Å². The van der Waals surface area contributed by atoms with Crippen molar-refractivity contribution in [2.75, 3.05) is 16.5 Å². The van der Waals surface area contributed by atoms with Crippen LogP contribution in [0.25, 0.3) is 61.0 Å². The molecule has 0 aliphatic carbocycles. The number of nitrogens with zero attached hydrogens (tertiary/aromatic N) is 4. The van der Waals surface area contributed by atoms with Crippen LogP contribution in [0.15, 0.2) is 206 Å². The normalized spacial score (nSPS) is 12.6. The first-order valence-electron chi connectivity index (χ1n) is 21.7. The van der Waals surface area contributed by atoms with Gasteiger partial charge in [0.25, 0.3) is 0 Å². The van der Waals surface area contributed by atoms with Gasteiger partial charge in [-0.15, -0.1) is 0 Å². The molecule has 0 radical (unpaired) electrons. The number of benzene rings is 8. The molecular weight excluding hydrogens is 788 g/mol. The highest BCUT2D eigenvalue weighted by Crippen LogP contribution is 2.51. The van der Waals surface area contributed by atoms with Crippen LogP contribution in [0, 0.1) is 5.82 Å². The van der Waals surface area contributed by atoms with Gasteiger partial charge in [0.15, 0.2) is 0 Å². The second-order valence-electron chi connectivity index (χ2n) is 17.4. The Bertz CT molecular complexity index is 3340. The molecule has 10 aromatic rings. The number of fused-ring (bicyclic) bond motifs is 4. The van der Waals surface area contributed by atoms with Gasteiger partial charge in [0.1, 0.15) is 29.8 Å². The summed E-state index contributed by atoms with van der Waals surface area (Å²) in [6.07, 6.45) is 1.91. The zero-order valence-electron chi connectivity index (χ0n) is 35.9. The maximum atomic E-state index is 14.3. The number of pyridine rings is 1. The predicted octanol–water partition coefficient (Wildman–Crippen LogP) is 15.7. The Labute approximate surface area is 372 Å². The number of halogens is 1. The molecule has 0 atom stereocenters. The third-order valence-electron chi connectivity index (χ3n) is 12.3. The molecule has 0 saturated carbocycles. The highest BCUT2D eigenvalue weighted by molar-refractivity contribution is 6.09. The summed E-state index contributed by atoms with van der Waals surface area (Å²) in [4.78, 5) is 9.65. The second-order valence-corrected chi connectivity index (χ2v) is 17.4. The second kappa shape index (κ2) is 15.7. The molecule has 1 aliphatic rings. The standard InChI is InChI=1S/C58H45FN4O/c1-58(2,3)43-31-32-60-56(35-43)63-52-22-11-10-19-50(52)51-30-29-46(37-55(51)63)64-47-34-42(39-15-6-4-7-16-39)33-45(36-47)61-38-62(54-24-13-12-23-53(54)61)57-48(40-17-8-5-9-18-40)20-14-21-49(57)41-25-27-44(59)28-26-41/h4-37H,38H2,1-3H3. The van der Waals surface area contributed by atoms with Crippen LogP contribution in [-0.2, 0) is 5.41 Å². The van der Waals surface area contributed by atoms with Crippen molar-refractivity contribution in [1.82, 2.24) is 9.55 Å². The van der Waals surface area contributed by atoms with Gasteiger partial charge in [0, 0.05) is 45.9 Å². The fourth-order valence-corrected chi connectivity index (χ4v) is 9.17. The summed E-state index contributed by atoms with van der Waals surface area (Å²) in [5.74, 6) is 2.06. The van der Waals surface area contributed by atoms with Crippen molar-refractivity contribution in [2.24, 2.45) is 0 Å². The van der Waals surface area contributed by atoms with E-state index < -0.39 is 0 Å². The lowest BCUT2D eigenvalue weighted by molar-refractivity contribution is 0.483. The van der Waals surface area contributed by atoms with E-state index in [1.807, 2.05) is 30.5 Å². The Morgan fingerprint density at radius 3 is 1.88 bits per heavy atom. The van der Waals surface area contributed by atoms with E-state index in [-0.39, 0.29) is 11.2 Å². The third kappa shape index (κ3) is 7.03. The molecule has 1 aliphatic heterocycles. The zero-order chi connectivity index (χ0) is 43.4. The van der Waals surface area contributed by atoms with Crippen molar-refractivity contribution in [3.63, 3.8) is 0 Å². The molecule has 0 bridgehead atoms. The van der Waals surface area contributed by atoms with Crippen LogP contribution < -0.4 is 14.5 Å². The molecule has 5 nitrogen and oxygen atoms in total. The van der Waals surface area contributed by atoms with E-state index in [2.05, 4.69) is 199 Å². The lowest BCUT2D eigenvalue weighted by atomic mass is 9.88. The molecule has 310 valence electrons. The minimum Gasteiger partial charge on any atom is -0.457 e. The fraction of sp³-hybridized carbons (Fsp3) is 0.0862. The van der Waals surface area contributed by atoms with Gasteiger partial charge in [0.05, 0.1) is 28.1 Å². The van der Waals surface area contributed by atoms with E-state index in [4.69, 9.17) is 9.72 Å². The van der Waals surface area contributed by atoms with Gasteiger partial charge in [0.2, 0.25) is 0 Å². The molecule has 64 heavy (non-hydrogen) atoms. The lowest BCUT2D eigenvalue weighted by Gasteiger charge is -2.27. The van der Waals surface area contributed by atoms with Gasteiger partial charge in [-0.05, 0) is 100.0 Å². The van der Waals surface area contributed by atoms with Crippen LogP contribution in [0.3, 0.4) is 0 Å². The molecule has 2 aromatic heterocycles. The number of ether oxygens (including phenoxy) is 1. The van der Waals surface area contributed by atoms with Crippen LogP contribution in [0.5, 0.6) is 11.5 Å². The van der Waals surface area contributed by atoms with Gasteiger partial charge in [-0.25, -0.2) is 9.37 Å². The van der Waals surface area contributed by atoms with Crippen molar-refractivity contribution in [1.29, 1.82) is 0 Å². The van der Waals surface area contributed by atoms with Gasteiger partial charge < -0.3 is 14.5 Å². The van der Waals surface area contributed by atoms with E-state index in [1.165, 1.54) is 17.7 Å². The topological polar surface area (TPSA) is 33.5 Å². The summed E-state index contributed by atoms with van der Waals surface area (Å²) in [7, 11) is 0. The van der Waals surface area contributed by atoms with Gasteiger partial charge in [-0.3, -0.25) is 4.57 Å². The van der Waals surface area contributed by atoms with Crippen LogP contribution in [0.1, 0.15) is 26.3 Å². The summed E-state index contributed by atoms with van der Waals surface area (Å²) < 4.78 is 23.6. The molecule has 0 saturated heterocycles. The SMILES string of the molecule is CC(C)(C)c1ccnc(-n2c3ccccc3c3ccc(Oc4cc(-c5ccccc5)cc(N5CN(c6c(-c7ccccc7)cccc6-c6ccc(F)cc6)c6ccccc65)c4)cc32)c1. The third-order valence-corrected chi connectivity index (χ3v) is 12.3. The van der Waals surface area contributed by atoms with Crippen LogP contribution >= 0.6 is 0 Å². The largest absolute Gasteiger partial charge is 0.457 e. The average molecular weight is 833 g/mol. The molecule has 11 rings (SSSR count). The van der Waals surface area contributed by atoms with E-state index in [1.54, 1.807) is 0 Å². The van der Waals surface area contributed by atoms with Crippen LogP contribution in [0.4, 0.5) is 27.1 Å². The van der Waals surface area contributed by atoms with Gasteiger partial charge in [-0.2, -0.15) is 0 Å². The number of rotatable bonds is 8. The predicted molar refractivity (Wildman–Crippen MR) is 262 cm³/mol. The molecule has 0 unspecified atom stereocenters. The minimum absolute atomic E-state index is 0.0325. The zero-order valence-corrected chi connectivity index (χ0v) is 35.9. The number of anilines is 4. The van der Waals surface area contributed by atoms with E-state index in [0.717, 1.165) is 95.3 Å². The Hall–Kier alpha value is -7.96. The Balaban J connectivity index is 1.04. The van der Waals surface area contributed by atoms with Crippen molar-refractivity contribution >= 4 is 44.6 Å². The highest BCUT2D eigenvalue weighted by Gasteiger charge is 2.32. The molecular formula is C58H45FN4O. The maximum absolute atomic E-state index is 14.3. The van der Waals surface area contributed by atoms with Gasteiger partial charge in [-0.1, -0.05) is 142 Å². The number of hydrogen-bond acceptors (Lipinski definition) is 4. The van der Waals surface area contributed by atoms with Crippen molar-refractivity contribution in [3.8, 4) is 50.7 Å². The van der Waals surface area contributed by atoms with Crippen molar-refractivity contribution < 1.29 is 9.13 Å². The Morgan fingerprint density at radius 1 is 0.500 bits per heavy atom. The molecule has 8 aromatic carbocycles. The minimum atomic E-state index is -0.260. The van der Waals surface area contributed by atoms with Crippen LogP contribution in [-0.4, -0.2) is 16.2 Å². The highest BCUT2D eigenvalue weighted by atomic mass is 19.1. The first-order chi connectivity index (χ1) is 31.3. The summed E-state index contributed by atoms with van der Waals surface area (Å²) in [6, 6.07) is 68.4. The van der Waals surface area contributed by atoms with Gasteiger partial charge >= 0.3 is 0 Å². The smallest absolute Gasteiger partial charge is 0.137 e. The van der Waals surface area contributed by atoms with Crippen molar-refractivity contribution in [3.05, 3.63) is 218 Å². The monoisotopic (exact) mass is 832 g/mol. The average Bonchev–Trinajstić information content (AvgIpc) is 3.88. The molecule has 0 N–H and O–H groups in total. The van der Waals surface area contributed by atoms with E-state index in [0.29, 0.717) is 6.67 Å². The maximum Gasteiger partial charge on any atom is 0.137 e. The molecule has 0 spiro atoms. The first-order valence-corrected chi connectivity index (χ1v) is 21.7. The number of hydrogen-bond donors (Lipinski definition) is 0. The number of aromatic nitrogens is 2. The quantitative estimate of drug-likeness (QED) is 0.153. The Kier molecular flexibility index (Phi) is 9.58. The van der Waals surface area contributed by atoms with Crippen LogP contribution in [0.2, 0.25) is 0 Å². The first kappa shape index (κ1) is 38.9. The summed E-state index contributed by atoms with van der Waals surface area (Å²) in [5, 5.41) is 2.29. The lowest BCUT2D eigenvalue weighted by Crippen LogP contribution is -2.25. The van der Waals surface area contributed by atoms with Crippen molar-refractivity contribution in [2.45, 2.75) is 26.2 Å². The van der Waals surface area contributed by atoms with E-state index in [9.17, 15) is 4.39 Å².